The van der Waals surface area contributed by atoms with Gasteiger partial charge in [0.2, 0.25) is 0 Å². The second-order valence-electron chi connectivity index (χ2n) is 12.4. The number of allylic oxidation sites excluding steroid dienone is 1. The molecule has 0 aliphatic rings. The van der Waals surface area contributed by atoms with Crippen LogP contribution in [-0.2, 0) is 6.42 Å². The highest BCUT2D eigenvalue weighted by Crippen LogP contribution is 2.37. The first-order valence-electron chi connectivity index (χ1n) is 18.6. The van der Waals surface area contributed by atoms with E-state index >= 15 is 0 Å². The molecule has 0 heterocycles. The first-order valence-corrected chi connectivity index (χ1v) is 18.6. The van der Waals surface area contributed by atoms with Gasteiger partial charge in [-0.25, -0.2) is 0 Å². The van der Waals surface area contributed by atoms with Crippen LogP contribution in [0.1, 0.15) is 159 Å². The van der Waals surface area contributed by atoms with Crippen molar-refractivity contribution in [1.82, 2.24) is 0 Å². The van der Waals surface area contributed by atoms with Gasteiger partial charge in [-0.3, -0.25) is 4.79 Å². The Bertz CT molecular complexity index is 1120. The van der Waals surface area contributed by atoms with Crippen LogP contribution in [0, 0.1) is 0 Å². The van der Waals surface area contributed by atoms with E-state index in [0.717, 1.165) is 75.5 Å². The summed E-state index contributed by atoms with van der Waals surface area (Å²) < 4.78 is 25.1. The first-order chi connectivity index (χ1) is 22.6. The zero-order valence-corrected chi connectivity index (χ0v) is 29.9. The zero-order valence-electron chi connectivity index (χ0n) is 29.9. The normalized spacial score (nSPS) is 11.2. The summed E-state index contributed by atoms with van der Waals surface area (Å²) in [6.45, 7) is 13.4. The number of hydrogen-bond donors (Lipinski definition) is 0. The van der Waals surface area contributed by atoms with Gasteiger partial charge in [0.25, 0.3) is 0 Å². The third-order valence-corrected chi connectivity index (χ3v) is 8.21. The summed E-state index contributed by atoms with van der Waals surface area (Å²) in [5.41, 5.74) is 2.61. The molecular weight excluding hydrogens is 572 g/mol. The largest absolute Gasteiger partial charge is 0.493 e. The number of unbranched alkanes of at least 4 members (excludes halogenated alkanes) is 12. The third kappa shape index (κ3) is 15.6. The van der Waals surface area contributed by atoms with E-state index in [9.17, 15) is 4.79 Å². The standard InChI is InChI=1S/C41H64O5/c1-6-11-15-19-27-43-36-32-37(41(46-30-22-18-14-9-4)40(33-36)45-29-21-17-13-8-3)38(42)25-24-35-31-34(10-5)23-26-39(35)44-28-20-16-12-7-2/h23-26,31-33H,6-22,27-30H2,1-5H3. The first kappa shape index (κ1) is 39.2. The summed E-state index contributed by atoms with van der Waals surface area (Å²) in [5, 5.41) is 0. The zero-order chi connectivity index (χ0) is 33.2. The molecule has 2 aromatic rings. The fourth-order valence-corrected chi connectivity index (χ4v) is 5.28. The van der Waals surface area contributed by atoms with E-state index < -0.39 is 0 Å². The summed E-state index contributed by atoms with van der Waals surface area (Å²) in [7, 11) is 0. The van der Waals surface area contributed by atoms with Crippen molar-refractivity contribution >= 4 is 11.9 Å². The third-order valence-electron chi connectivity index (χ3n) is 8.21. The SMILES string of the molecule is CCCCCCOc1cc(OCCCCCC)c(OCCCCCC)c(C(=O)C=Cc2cc(CC)ccc2OCCCCCC)c1. The van der Waals surface area contributed by atoms with Crippen molar-refractivity contribution in [3.63, 3.8) is 0 Å². The number of rotatable bonds is 28. The number of benzene rings is 2. The molecule has 0 aliphatic heterocycles. The molecule has 0 spiro atoms. The quantitative estimate of drug-likeness (QED) is 0.0528. The average molecular weight is 637 g/mol. The lowest BCUT2D eigenvalue weighted by Gasteiger charge is -2.18. The highest BCUT2D eigenvalue weighted by Gasteiger charge is 2.20. The van der Waals surface area contributed by atoms with Gasteiger partial charge in [-0.2, -0.15) is 0 Å². The Hall–Kier alpha value is -2.95. The maximum Gasteiger partial charge on any atom is 0.189 e. The molecule has 0 aromatic heterocycles. The number of aryl methyl sites for hydroxylation is 1. The van der Waals surface area contributed by atoms with Gasteiger partial charge in [-0.1, -0.05) is 118 Å². The Balaban J connectivity index is 2.39. The van der Waals surface area contributed by atoms with Gasteiger partial charge in [0.1, 0.15) is 11.5 Å². The molecular formula is C41H64O5. The molecule has 0 saturated carbocycles. The maximum atomic E-state index is 14.0. The van der Waals surface area contributed by atoms with Crippen LogP contribution < -0.4 is 18.9 Å². The van der Waals surface area contributed by atoms with Crippen molar-refractivity contribution < 1.29 is 23.7 Å². The predicted octanol–water partition coefficient (Wildman–Crippen LogP) is 12.0. The minimum absolute atomic E-state index is 0.133. The fraction of sp³-hybridized carbons (Fsp3) is 0.634. The number of ether oxygens (including phenoxy) is 4. The minimum Gasteiger partial charge on any atom is -0.493 e. The smallest absolute Gasteiger partial charge is 0.189 e. The van der Waals surface area contributed by atoms with E-state index in [-0.39, 0.29) is 5.78 Å². The molecule has 0 radical (unpaired) electrons. The van der Waals surface area contributed by atoms with Crippen molar-refractivity contribution in [2.24, 2.45) is 0 Å². The molecule has 5 heteroatoms. The van der Waals surface area contributed by atoms with Crippen molar-refractivity contribution in [3.8, 4) is 23.0 Å². The molecule has 0 fully saturated rings. The number of carbonyl (C=O) groups excluding carboxylic acids is 1. The molecule has 2 aromatic carbocycles. The monoisotopic (exact) mass is 636 g/mol. The Morgan fingerprint density at radius 2 is 1.09 bits per heavy atom. The summed E-state index contributed by atoms with van der Waals surface area (Å²) in [4.78, 5) is 14.0. The highest BCUT2D eigenvalue weighted by molar-refractivity contribution is 6.09. The summed E-state index contributed by atoms with van der Waals surface area (Å²) in [6, 6.07) is 10.0. The van der Waals surface area contributed by atoms with E-state index in [1.54, 1.807) is 6.08 Å². The van der Waals surface area contributed by atoms with Crippen LogP contribution >= 0.6 is 0 Å². The van der Waals surface area contributed by atoms with Crippen LogP contribution in [0.25, 0.3) is 6.08 Å². The minimum atomic E-state index is -0.133. The number of ketones is 1. The van der Waals surface area contributed by atoms with E-state index in [1.807, 2.05) is 24.3 Å². The summed E-state index contributed by atoms with van der Waals surface area (Å²) >= 11 is 0. The van der Waals surface area contributed by atoms with Gasteiger partial charge >= 0.3 is 0 Å². The fourth-order valence-electron chi connectivity index (χ4n) is 5.28. The van der Waals surface area contributed by atoms with Crippen molar-refractivity contribution in [2.75, 3.05) is 26.4 Å². The molecule has 0 saturated heterocycles. The van der Waals surface area contributed by atoms with E-state index in [2.05, 4.69) is 46.8 Å². The van der Waals surface area contributed by atoms with Crippen molar-refractivity contribution in [2.45, 2.75) is 144 Å². The van der Waals surface area contributed by atoms with Gasteiger partial charge in [0.15, 0.2) is 17.3 Å². The second kappa shape index (κ2) is 25.2. The molecule has 0 aliphatic carbocycles. The topological polar surface area (TPSA) is 54.0 Å². The molecule has 46 heavy (non-hydrogen) atoms. The van der Waals surface area contributed by atoms with Gasteiger partial charge in [-0.15, -0.1) is 0 Å². The van der Waals surface area contributed by atoms with Crippen molar-refractivity contribution in [3.05, 3.63) is 53.1 Å². The van der Waals surface area contributed by atoms with Gasteiger partial charge in [0, 0.05) is 11.6 Å². The van der Waals surface area contributed by atoms with E-state index in [4.69, 9.17) is 18.9 Å². The van der Waals surface area contributed by atoms with Crippen molar-refractivity contribution in [1.29, 1.82) is 0 Å². The average Bonchev–Trinajstić information content (AvgIpc) is 3.07. The molecule has 0 amide bonds. The summed E-state index contributed by atoms with van der Waals surface area (Å²) in [5.74, 6) is 2.45. The van der Waals surface area contributed by atoms with Gasteiger partial charge in [0.05, 0.1) is 32.0 Å². The lowest BCUT2D eigenvalue weighted by atomic mass is 10.0. The van der Waals surface area contributed by atoms with Crippen LogP contribution in [0.15, 0.2) is 36.4 Å². The van der Waals surface area contributed by atoms with E-state index in [0.29, 0.717) is 49.2 Å². The summed E-state index contributed by atoms with van der Waals surface area (Å²) in [6.07, 6.45) is 22.3. The number of carbonyl (C=O) groups is 1. The maximum absolute atomic E-state index is 14.0. The Labute approximate surface area is 281 Å². The van der Waals surface area contributed by atoms with Gasteiger partial charge < -0.3 is 18.9 Å². The lowest BCUT2D eigenvalue weighted by molar-refractivity contribution is 0.104. The molecule has 0 bridgehead atoms. The Morgan fingerprint density at radius 3 is 1.63 bits per heavy atom. The highest BCUT2D eigenvalue weighted by atomic mass is 16.5. The van der Waals surface area contributed by atoms with Crippen LogP contribution in [-0.4, -0.2) is 32.2 Å². The number of hydrogen-bond acceptors (Lipinski definition) is 5. The van der Waals surface area contributed by atoms with Crippen LogP contribution in [0.2, 0.25) is 0 Å². The molecule has 258 valence electrons. The molecule has 2 rings (SSSR count). The lowest BCUT2D eigenvalue weighted by Crippen LogP contribution is -2.09. The van der Waals surface area contributed by atoms with Crippen LogP contribution in [0.3, 0.4) is 0 Å². The predicted molar refractivity (Wildman–Crippen MR) is 194 cm³/mol. The van der Waals surface area contributed by atoms with Gasteiger partial charge in [-0.05, 0) is 68.0 Å². The molecule has 5 nitrogen and oxygen atoms in total. The molecule has 0 N–H and O–H groups in total. The Kier molecular flexibility index (Phi) is 21.5. The van der Waals surface area contributed by atoms with Crippen LogP contribution in [0.5, 0.6) is 23.0 Å². The van der Waals surface area contributed by atoms with E-state index in [1.165, 1.54) is 50.5 Å². The molecule has 0 atom stereocenters. The Morgan fingerprint density at radius 1 is 0.565 bits per heavy atom. The molecule has 0 unspecified atom stereocenters. The second-order valence-corrected chi connectivity index (χ2v) is 12.4. The van der Waals surface area contributed by atoms with Crippen LogP contribution in [0.4, 0.5) is 0 Å².